The van der Waals surface area contributed by atoms with Gasteiger partial charge in [0.2, 0.25) is 0 Å². The van der Waals surface area contributed by atoms with Gasteiger partial charge in [0.05, 0.1) is 9.83 Å². The summed E-state index contributed by atoms with van der Waals surface area (Å²) in [5, 5.41) is 2.09. The molecule has 0 radical (unpaired) electrons. The van der Waals surface area contributed by atoms with Crippen LogP contribution in [0.25, 0.3) is 0 Å². The Morgan fingerprint density at radius 1 is 1.47 bits per heavy atom. The maximum absolute atomic E-state index is 5.66. The largest absolute Gasteiger partial charge is 0.271 e. The average Bonchev–Trinajstić information content (AvgIpc) is 2.83. The fourth-order valence-corrected chi connectivity index (χ4v) is 4.75. The second-order valence-corrected chi connectivity index (χ2v) is 7.98. The summed E-state index contributed by atoms with van der Waals surface area (Å²) in [6, 6.07) is 4.42. The normalized spacial score (nSPS) is 12.9. The number of nitrogens with two attached hydrogens (primary N) is 1. The SMILES string of the molecule is Cc1cc(C(Cc2sccc2Br)NN)sc1Br. The maximum Gasteiger partial charge on any atom is 0.0731 e. The standard InChI is InChI=1S/C11H12Br2N2S2/c1-6-4-10(17-11(6)13)8(15-14)5-9-7(12)2-3-16-9/h2-4,8,15H,5,14H2,1H3. The van der Waals surface area contributed by atoms with E-state index in [0.29, 0.717) is 0 Å². The minimum absolute atomic E-state index is 0.167. The van der Waals surface area contributed by atoms with Crippen molar-refractivity contribution in [3.8, 4) is 0 Å². The molecule has 0 saturated heterocycles. The number of thiophene rings is 2. The zero-order chi connectivity index (χ0) is 12.4. The number of hydrogen-bond acceptors (Lipinski definition) is 4. The highest BCUT2D eigenvalue weighted by Crippen LogP contribution is 2.34. The summed E-state index contributed by atoms with van der Waals surface area (Å²) in [6.45, 7) is 2.10. The Morgan fingerprint density at radius 3 is 2.71 bits per heavy atom. The van der Waals surface area contributed by atoms with E-state index in [0.717, 1.165) is 10.9 Å². The van der Waals surface area contributed by atoms with Gasteiger partial charge < -0.3 is 0 Å². The molecule has 2 aromatic heterocycles. The van der Waals surface area contributed by atoms with E-state index in [1.165, 1.54) is 19.1 Å². The molecule has 0 saturated carbocycles. The van der Waals surface area contributed by atoms with Gasteiger partial charge in [0.25, 0.3) is 0 Å². The lowest BCUT2D eigenvalue weighted by atomic mass is 10.1. The van der Waals surface area contributed by atoms with Crippen LogP contribution < -0.4 is 11.3 Å². The van der Waals surface area contributed by atoms with Gasteiger partial charge in [-0.2, -0.15) is 0 Å². The molecule has 0 aliphatic carbocycles. The van der Waals surface area contributed by atoms with Crippen molar-refractivity contribution >= 4 is 54.5 Å². The molecule has 2 rings (SSSR count). The second kappa shape index (κ2) is 5.95. The van der Waals surface area contributed by atoms with Gasteiger partial charge in [0, 0.05) is 20.6 Å². The van der Waals surface area contributed by atoms with Gasteiger partial charge in [-0.05, 0) is 61.9 Å². The molecule has 2 aromatic rings. The third-order valence-electron chi connectivity index (χ3n) is 2.50. The van der Waals surface area contributed by atoms with Crippen molar-refractivity contribution in [2.75, 3.05) is 0 Å². The topological polar surface area (TPSA) is 38.0 Å². The van der Waals surface area contributed by atoms with Crippen LogP contribution in [0.4, 0.5) is 0 Å². The lowest BCUT2D eigenvalue weighted by molar-refractivity contribution is 0.563. The van der Waals surface area contributed by atoms with Crippen molar-refractivity contribution in [3.05, 3.63) is 41.1 Å². The third kappa shape index (κ3) is 3.19. The first-order valence-electron chi connectivity index (χ1n) is 5.05. The summed E-state index contributed by atoms with van der Waals surface area (Å²) in [6.07, 6.45) is 0.904. The van der Waals surface area contributed by atoms with Crippen LogP contribution in [0, 0.1) is 6.92 Å². The average molecular weight is 396 g/mol. The minimum atomic E-state index is 0.167. The van der Waals surface area contributed by atoms with Crippen LogP contribution >= 0.6 is 54.5 Å². The lowest BCUT2D eigenvalue weighted by Gasteiger charge is -2.13. The van der Waals surface area contributed by atoms with E-state index >= 15 is 0 Å². The van der Waals surface area contributed by atoms with Crippen LogP contribution in [0.5, 0.6) is 0 Å². The molecule has 1 unspecified atom stereocenters. The van der Waals surface area contributed by atoms with Crippen LogP contribution in [0.15, 0.2) is 25.8 Å². The van der Waals surface area contributed by atoms with Crippen molar-refractivity contribution in [1.82, 2.24) is 5.43 Å². The molecule has 1 atom stereocenters. The maximum atomic E-state index is 5.66. The van der Waals surface area contributed by atoms with Gasteiger partial charge in [-0.15, -0.1) is 22.7 Å². The fraction of sp³-hybridized carbons (Fsp3) is 0.273. The fourth-order valence-electron chi connectivity index (χ4n) is 1.55. The van der Waals surface area contributed by atoms with Crippen LogP contribution in [-0.4, -0.2) is 0 Å². The third-order valence-corrected chi connectivity index (χ3v) is 6.70. The molecular weight excluding hydrogens is 384 g/mol. The second-order valence-electron chi connectivity index (χ2n) is 3.72. The van der Waals surface area contributed by atoms with Gasteiger partial charge in [0.15, 0.2) is 0 Å². The van der Waals surface area contributed by atoms with Crippen LogP contribution in [0.2, 0.25) is 0 Å². The minimum Gasteiger partial charge on any atom is -0.271 e. The molecule has 2 nitrogen and oxygen atoms in total. The van der Waals surface area contributed by atoms with Crippen molar-refractivity contribution in [2.24, 2.45) is 5.84 Å². The van der Waals surface area contributed by atoms with E-state index in [-0.39, 0.29) is 6.04 Å². The monoisotopic (exact) mass is 394 g/mol. The molecule has 3 N–H and O–H groups in total. The predicted octanol–water partition coefficient (Wildman–Crippen LogP) is 4.39. The molecule has 17 heavy (non-hydrogen) atoms. The Morgan fingerprint density at radius 2 is 2.24 bits per heavy atom. The highest BCUT2D eigenvalue weighted by Gasteiger charge is 2.16. The summed E-state index contributed by atoms with van der Waals surface area (Å²) in [5.41, 5.74) is 4.16. The lowest BCUT2D eigenvalue weighted by Crippen LogP contribution is -2.28. The van der Waals surface area contributed by atoms with Gasteiger partial charge in [-0.25, -0.2) is 0 Å². The number of hydrazine groups is 1. The first kappa shape index (κ1) is 13.7. The highest BCUT2D eigenvalue weighted by molar-refractivity contribution is 9.11. The Kier molecular flexibility index (Phi) is 4.80. The number of hydrogen-bond donors (Lipinski definition) is 2. The zero-order valence-corrected chi connectivity index (χ0v) is 14.0. The van der Waals surface area contributed by atoms with E-state index in [1.807, 2.05) is 0 Å². The van der Waals surface area contributed by atoms with Gasteiger partial charge in [-0.3, -0.25) is 11.3 Å². The van der Waals surface area contributed by atoms with Gasteiger partial charge in [-0.1, -0.05) is 0 Å². The van der Waals surface area contributed by atoms with E-state index in [4.69, 9.17) is 5.84 Å². The highest BCUT2D eigenvalue weighted by atomic mass is 79.9. The number of aryl methyl sites for hydroxylation is 1. The summed E-state index contributed by atoms with van der Waals surface area (Å²) in [5.74, 6) is 5.66. The molecule has 0 aliphatic rings. The smallest absolute Gasteiger partial charge is 0.0731 e. The number of rotatable bonds is 4. The zero-order valence-electron chi connectivity index (χ0n) is 9.17. The molecular formula is C11H12Br2N2S2. The molecule has 0 amide bonds. The van der Waals surface area contributed by atoms with Gasteiger partial charge in [0.1, 0.15) is 0 Å². The summed E-state index contributed by atoms with van der Waals surface area (Å²) < 4.78 is 2.34. The molecule has 0 aliphatic heterocycles. The van der Waals surface area contributed by atoms with E-state index < -0.39 is 0 Å². The quantitative estimate of drug-likeness (QED) is 0.595. The summed E-state index contributed by atoms with van der Waals surface area (Å²) in [7, 11) is 0. The Balaban J connectivity index is 2.20. The summed E-state index contributed by atoms with van der Waals surface area (Å²) >= 11 is 10.6. The Bertz CT molecular complexity index is 488. The molecule has 0 fully saturated rings. The first-order chi connectivity index (χ1) is 8.11. The summed E-state index contributed by atoms with van der Waals surface area (Å²) in [4.78, 5) is 2.58. The molecule has 0 bridgehead atoms. The molecule has 0 spiro atoms. The number of halogens is 2. The Hall–Kier alpha value is 0.280. The van der Waals surface area contributed by atoms with Crippen molar-refractivity contribution < 1.29 is 0 Å². The van der Waals surface area contributed by atoms with E-state index in [9.17, 15) is 0 Å². The van der Waals surface area contributed by atoms with Crippen molar-refractivity contribution in [1.29, 1.82) is 0 Å². The van der Waals surface area contributed by atoms with Crippen LogP contribution in [-0.2, 0) is 6.42 Å². The number of nitrogens with one attached hydrogen (secondary N) is 1. The van der Waals surface area contributed by atoms with Gasteiger partial charge >= 0.3 is 0 Å². The van der Waals surface area contributed by atoms with Crippen molar-refractivity contribution in [3.63, 3.8) is 0 Å². The first-order valence-corrected chi connectivity index (χ1v) is 8.34. The van der Waals surface area contributed by atoms with Crippen molar-refractivity contribution in [2.45, 2.75) is 19.4 Å². The Labute approximate surface area is 125 Å². The molecule has 2 heterocycles. The molecule has 6 heteroatoms. The van der Waals surface area contributed by atoms with Crippen LogP contribution in [0.1, 0.15) is 21.4 Å². The van der Waals surface area contributed by atoms with E-state index in [1.54, 1.807) is 22.7 Å². The van der Waals surface area contributed by atoms with Crippen LogP contribution in [0.3, 0.4) is 0 Å². The van der Waals surface area contributed by atoms with E-state index in [2.05, 4.69) is 61.7 Å². The molecule has 92 valence electrons. The molecule has 0 aromatic carbocycles. The predicted molar refractivity (Wildman–Crippen MR) is 82.5 cm³/mol.